The van der Waals surface area contributed by atoms with Crippen molar-refractivity contribution in [3.05, 3.63) is 59.2 Å². The van der Waals surface area contributed by atoms with Gasteiger partial charge in [0.15, 0.2) is 11.5 Å². The average molecular weight is 553 g/mol. The zero-order valence-corrected chi connectivity index (χ0v) is 23.7. The zero-order chi connectivity index (χ0) is 28.5. The molecule has 0 bridgehead atoms. The molecule has 0 aromatic heterocycles. The highest BCUT2D eigenvalue weighted by Crippen LogP contribution is 2.42. The highest BCUT2D eigenvalue weighted by atomic mass is 16.5. The molecular weight excluding hydrogens is 512 g/mol. The second kappa shape index (κ2) is 14.2. The minimum absolute atomic E-state index is 0.0576. The lowest BCUT2D eigenvalue weighted by Gasteiger charge is -2.29. The number of benzene rings is 2. The SMILES string of the molecule is CCCCOc1ccc(C2C(=C(O)c3ccc(OCC)cc3)C(=O)C(=O)N2CCCN2CCOCC2)cc1OC. The first-order chi connectivity index (χ1) is 19.5. The van der Waals surface area contributed by atoms with Crippen LogP contribution in [0.1, 0.15) is 50.3 Å². The molecule has 40 heavy (non-hydrogen) atoms. The molecule has 1 N–H and O–H groups in total. The van der Waals surface area contributed by atoms with E-state index in [4.69, 9.17) is 18.9 Å². The van der Waals surface area contributed by atoms with E-state index in [-0.39, 0.29) is 11.3 Å². The zero-order valence-electron chi connectivity index (χ0n) is 23.7. The summed E-state index contributed by atoms with van der Waals surface area (Å²) in [7, 11) is 1.56. The summed E-state index contributed by atoms with van der Waals surface area (Å²) >= 11 is 0. The maximum atomic E-state index is 13.4. The maximum Gasteiger partial charge on any atom is 0.295 e. The number of carbonyl (C=O) groups is 2. The number of carbonyl (C=O) groups excluding carboxylic acids is 2. The van der Waals surface area contributed by atoms with Gasteiger partial charge in [0.05, 0.1) is 45.2 Å². The standard InChI is InChI=1S/C31H40N2O7/c1-4-6-18-40-25-13-10-23(21-26(25)37-3)28-27(29(34)22-8-11-24(12-9-22)39-5-2)30(35)31(36)33(28)15-7-14-32-16-19-38-20-17-32/h8-13,21,28,34H,4-7,14-20H2,1-3H3. The lowest BCUT2D eigenvalue weighted by Crippen LogP contribution is -2.39. The van der Waals surface area contributed by atoms with E-state index in [2.05, 4.69) is 11.8 Å². The molecule has 0 radical (unpaired) electrons. The molecule has 9 heteroatoms. The number of ketones is 1. The Kier molecular flexibility index (Phi) is 10.4. The van der Waals surface area contributed by atoms with Crippen LogP contribution >= 0.6 is 0 Å². The van der Waals surface area contributed by atoms with Crippen molar-refractivity contribution < 1.29 is 33.6 Å². The Morgan fingerprint density at radius 2 is 1.73 bits per heavy atom. The number of methoxy groups -OCH3 is 1. The Morgan fingerprint density at radius 3 is 2.40 bits per heavy atom. The predicted octanol–water partition coefficient (Wildman–Crippen LogP) is 4.42. The minimum Gasteiger partial charge on any atom is -0.507 e. The number of nitrogens with zero attached hydrogens (tertiary/aromatic N) is 2. The van der Waals surface area contributed by atoms with Gasteiger partial charge in [-0.3, -0.25) is 14.5 Å². The van der Waals surface area contributed by atoms with E-state index in [0.29, 0.717) is 67.8 Å². The summed E-state index contributed by atoms with van der Waals surface area (Å²) in [5, 5.41) is 11.4. The van der Waals surface area contributed by atoms with E-state index < -0.39 is 17.7 Å². The fourth-order valence-corrected chi connectivity index (χ4v) is 5.08. The van der Waals surface area contributed by atoms with Crippen molar-refractivity contribution >= 4 is 17.4 Å². The van der Waals surface area contributed by atoms with Gasteiger partial charge in [-0.2, -0.15) is 0 Å². The number of aliphatic hydroxyl groups is 1. The van der Waals surface area contributed by atoms with Crippen LogP contribution in [0.5, 0.6) is 17.2 Å². The number of rotatable bonds is 13. The van der Waals surface area contributed by atoms with Crippen LogP contribution in [-0.2, 0) is 14.3 Å². The first-order valence-electron chi connectivity index (χ1n) is 14.1. The number of morpholine rings is 1. The summed E-state index contributed by atoms with van der Waals surface area (Å²) in [6.45, 7) is 9.28. The predicted molar refractivity (Wildman–Crippen MR) is 152 cm³/mol. The number of aliphatic hydroxyl groups excluding tert-OH is 1. The fourth-order valence-electron chi connectivity index (χ4n) is 5.08. The first kappa shape index (κ1) is 29.4. The van der Waals surface area contributed by atoms with Gasteiger partial charge in [0.25, 0.3) is 11.7 Å². The average Bonchev–Trinajstić information content (AvgIpc) is 3.23. The Morgan fingerprint density at radius 1 is 0.975 bits per heavy atom. The van der Waals surface area contributed by atoms with Crippen molar-refractivity contribution in [1.82, 2.24) is 9.80 Å². The third-order valence-corrected chi connectivity index (χ3v) is 7.21. The monoisotopic (exact) mass is 552 g/mol. The van der Waals surface area contributed by atoms with E-state index >= 15 is 0 Å². The van der Waals surface area contributed by atoms with Crippen molar-refractivity contribution in [3.63, 3.8) is 0 Å². The summed E-state index contributed by atoms with van der Waals surface area (Å²) < 4.78 is 22.5. The van der Waals surface area contributed by atoms with E-state index in [0.717, 1.165) is 32.5 Å². The van der Waals surface area contributed by atoms with E-state index in [1.165, 1.54) is 0 Å². The normalized spacial score (nSPS) is 19.2. The molecule has 1 atom stereocenters. The number of unbranched alkanes of at least 4 members (excludes halogenated alkanes) is 1. The lowest BCUT2D eigenvalue weighted by molar-refractivity contribution is -0.140. The highest BCUT2D eigenvalue weighted by molar-refractivity contribution is 6.46. The molecule has 2 fully saturated rings. The Hall–Kier alpha value is -3.56. The van der Waals surface area contributed by atoms with Crippen LogP contribution < -0.4 is 14.2 Å². The van der Waals surface area contributed by atoms with E-state index in [1.54, 1.807) is 48.4 Å². The summed E-state index contributed by atoms with van der Waals surface area (Å²) in [6, 6.07) is 11.5. The number of ether oxygens (including phenoxy) is 4. The van der Waals surface area contributed by atoms with Gasteiger partial charge in [-0.25, -0.2) is 0 Å². The molecule has 4 rings (SSSR count). The number of hydrogen-bond acceptors (Lipinski definition) is 8. The summed E-state index contributed by atoms with van der Waals surface area (Å²) in [4.78, 5) is 30.7. The van der Waals surface area contributed by atoms with Crippen LogP contribution in [-0.4, -0.2) is 86.3 Å². The molecule has 2 aliphatic heterocycles. The van der Waals surface area contributed by atoms with Gasteiger partial charge in [0.1, 0.15) is 11.5 Å². The van der Waals surface area contributed by atoms with Crippen molar-refractivity contribution in [2.24, 2.45) is 0 Å². The first-order valence-corrected chi connectivity index (χ1v) is 14.1. The Bertz CT molecular complexity index is 1190. The van der Waals surface area contributed by atoms with Crippen molar-refractivity contribution in [2.45, 2.75) is 39.2 Å². The van der Waals surface area contributed by atoms with Gasteiger partial charge >= 0.3 is 0 Å². The lowest BCUT2D eigenvalue weighted by atomic mass is 9.95. The smallest absolute Gasteiger partial charge is 0.295 e. The molecule has 1 unspecified atom stereocenters. The third-order valence-electron chi connectivity index (χ3n) is 7.21. The molecule has 216 valence electrons. The van der Waals surface area contributed by atoms with Crippen molar-refractivity contribution in [1.29, 1.82) is 0 Å². The molecule has 0 saturated carbocycles. The molecule has 9 nitrogen and oxygen atoms in total. The largest absolute Gasteiger partial charge is 0.507 e. The number of amides is 1. The van der Waals surface area contributed by atoms with Crippen LogP contribution in [0.25, 0.3) is 5.76 Å². The second-order valence-corrected chi connectivity index (χ2v) is 9.87. The number of hydrogen-bond donors (Lipinski definition) is 1. The van der Waals surface area contributed by atoms with Gasteiger partial charge in [-0.1, -0.05) is 19.4 Å². The van der Waals surface area contributed by atoms with Crippen LogP contribution in [0.4, 0.5) is 0 Å². The van der Waals surface area contributed by atoms with Crippen molar-refractivity contribution in [3.8, 4) is 17.2 Å². The molecule has 2 saturated heterocycles. The quantitative estimate of drug-likeness (QED) is 0.169. The summed E-state index contributed by atoms with van der Waals surface area (Å²) in [5.41, 5.74) is 1.16. The van der Waals surface area contributed by atoms with Gasteiger partial charge in [-0.05, 0) is 61.7 Å². The van der Waals surface area contributed by atoms with Gasteiger partial charge in [0, 0.05) is 31.7 Å². The van der Waals surface area contributed by atoms with E-state index in [1.807, 2.05) is 13.0 Å². The summed E-state index contributed by atoms with van der Waals surface area (Å²) in [6.07, 6.45) is 2.60. The summed E-state index contributed by atoms with van der Waals surface area (Å²) in [5.74, 6) is 0.211. The van der Waals surface area contributed by atoms with Crippen molar-refractivity contribution in [2.75, 3.05) is 59.7 Å². The van der Waals surface area contributed by atoms with Gasteiger partial charge < -0.3 is 29.0 Å². The molecule has 0 aliphatic carbocycles. The van der Waals surface area contributed by atoms with Crippen LogP contribution in [0.3, 0.4) is 0 Å². The number of Topliss-reactive ketones (excluding diaryl/α,β-unsaturated/α-hetero) is 1. The highest BCUT2D eigenvalue weighted by Gasteiger charge is 2.46. The van der Waals surface area contributed by atoms with Crippen LogP contribution in [0.15, 0.2) is 48.0 Å². The Labute approximate surface area is 236 Å². The topological polar surface area (TPSA) is 97.8 Å². The van der Waals surface area contributed by atoms with Crippen LogP contribution in [0, 0.1) is 0 Å². The number of likely N-dealkylation sites (tertiary alicyclic amines) is 1. The molecular formula is C31H40N2O7. The molecule has 2 aliphatic rings. The molecule has 1 amide bonds. The van der Waals surface area contributed by atoms with Crippen LogP contribution in [0.2, 0.25) is 0 Å². The second-order valence-electron chi connectivity index (χ2n) is 9.87. The van der Waals surface area contributed by atoms with Gasteiger partial charge in [0.2, 0.25) is 0 Å². The van der Waals surface area contributed by atoms with E-state index in [9.17, 15) is 14.7 Å². The Balaban J connectivity index is 1.69. The molecule has 0 spiro atoms. The maximum absolute atomic E-state index is 13.4. The molecule has 2 aromatic carbocycles. The minimum atomic E-state index is -0.769. The molecule has 2 aromatic rings. The fraction of sp³-hybridized carbons (Fsp3) is 0.484. The van der Waals surface area contributed by atoms with Gasteiger partial charge in [-0.15, -0.1) is 0 Å². The molecule has 2 heterocycles. The third kappa shape index (κ3) is 6.77.